The summed E-state index contributed by atoms with van der Waals surface area (Å²) >= 11 is 3.30. The summed E-state index contributed by atoms with van der Waals surface area (Å²) in [5.41, 5.74) is 2.08. The average Bonchev–Trinajstić information content (AvgIpc) is 3.38. The van der Waals surface area contributed by atoms with Crippen LogP contribution in [-0.4, -0.2) is 28.1 Å². The quantitative estimate of drug-likeness (QED) is 0.702. The number of aryl methyl sites for hydroxylation is 1. The van der Waals surface area contributed by atoms with Crippen molar-refractivity contribution in [1.29, 1.82) is 0 Å². The molecule has 4 nitrogen and oxygen atoms in total. The van der Waals surface area contributed by atoms with Crippen molar-refractivity contribution in [3.05, 3.63) is 50.7 Å². The summed E-state index contributed by atoms with van der Waals surface area (Å²) in [4.78, 5) is 8.20. The second-order valence-corrected chi connectivity index (χ2v) is 8.37. The maximum atomic E-state index is 10.5. The van der Waals surface area contributed by atoms with E-state index in [0.29, 0.717) is 5.92 Å². The second-order valence-electron chi connectivity index (χ2n) is 6.61. The number of thiophene rings is 2. The van der Waals surface area contributed by atoms with Gasteiger partial charge in [0.15, 0.2) is 0 Å². The van der Waals surface area contributed by atoms with Gasteiger partial charge >= 0.3 is 0 Å². The van der Waals surface area contributed by atoms with Gasteiger partial charge in [0.05, 0.1) is 11.8 Å². The van der Waals surface area contributed by atoms with Crippen LogP contribution in [0.5, 0.6) is 0 Å². The summed E-state index contributed by atoms with van der Waals surface area (Å²) in [7, 11) is 0. The van der Waals surface area contributed by atoms with Crippen LogP contribution in [0.2, 0.25) is 0 Å². The third-order valence-corrected chi connectivity index (χ3v) is 6.57. The molecule has 6 heteroatoms. The standard InChI is InChI=1S/C19H22N2O2S2/c1-13-16(20-19(23-13)15-6-10-24-12-15)11-21-7-4-14(5-8-21)18(22)17-3-2-9-25-17/h2-3,6,9-10,12,14,18,22H,4-5,7-8,11H2,1H3. The first-order chi connectivity index (χ1) is 12.2. The zero-order chi connectivity index (χ0) is 17.2. The van der Waals surface area contributed by atoms with Crippen LogP contribution in [-0.2, 0) is 6.54 Å². The molecular formula is C19H22N2O2S2. The first-order valence-corrected chi connectivity index (χ1v) is 10.5. The largest absolute Gasteiger partial charge is 0.441 e. The molecule has 1 unspecified atom stereocenters. The molecule has 3 aromatic rings. The monoisotopic (exact) mass is 374 g/mol. The Morgan fingerprint density at radius 2 is 2.16 bits per heavy atom. The van der Waals surface area contributed by atoms with Gasteiger partial charge in [-0.3, -0.25) is 4.90 Å². The molecule has 0 radical (unpaired) electrons. The molecule has 1 N–H and O–H groups in total. The van der Waals surface area contributed by atoms with Gasteiger partial charge in [0.1, 0.15) is 5.76 Å². The number of hydrogen-bond acceptors (Lipinski definition) is 6. The first kappa shape index (κ1) is 17.0. The van der Waals surface area contributed by atoms with E-state index in [9.17, 15) is 5.11 Å². The van der Waals surface area contributed by atoms with Gasteiger partial charge in [0.25, 0.3) is 0 Å². The predicted molar refractivity (Wildman–Crippen MR) is 102 cm³/mol. The fourth-order valence-electron chi connectivity index (χ4n) is 3.41. The van der Waals surface area contributed by atoms with Gasteiger partial charge in [-0.15, -0.1) is 11.3 Å². The highest BCUT2D eigenvalue weighted by Gasteiger charge is 2.27. The first-order valence-electron chi connectivity index (χ1n) is 8.63. The highest BCUT2D eigenvalue weighted by Crippen LogP contribution is 2.33. The van der Waals surface area contributed by atoms with E-state index in [-0.39, 0.29) is 6.10 Å². The van der Waals surface area contributed by atoms with E-state index in [4.69, 9.17) is 9.40 Å². The van der Waals surface area contributed by atoms with Crippen LogP contribution in [0.1, 0.15) is 35.3 Å². The number of rotatable bonds is 5. The van der Waals surface area contributed by atoms with Crippen LogP contribution in [0.4, 0.5) is 0 Å². The van der Waals surface area contributed by atoms with Crippen molar-refractivity contribution in [2.45, 2.75) is 32.4 Å². The predicted octanol–water partition coefficient (Wildman–Crippen LogP) is 4.72. The number of likely N-dealkylation sites (tertiary alicyclic amines) is 1. The molecular weight excluding hydrogens is 352 g/mol. The lowest BCUT2D eigenvalue weighted by molar-refractivity contribution is 0.0586. The smallest absolute Gasteiger partial charge is 0.227 e. The molecule has 0 bridgehead atoms. The van der Waals surface area contributed by atoms with E-state index in [2.05, 4.69) is 10.3 Å². The maximum absolute atomic E-state index is 10.5. The number of nitrogens with zero attached hydrogens (tertiary/aromatic N) is 2. The molecule has 0 saturated carbocycles. The Morgan fingerprint density at radius 1 is 1.32 bits per heavy atom. The van der Waals surface area contributed by atoms with E-state index < -0.39 is 0 Å². The second kappa shape index (κ2) is 7.41. The Bertz CT molecular complexity index is 788. The lowest BCUT2D eigenvalue weighted by Crippen LogP contribution is -2.35. The minimum Gasteiger partial charge on any atom is -0.441 e. The molecule has 0 aliphatic carbocycles. The number of aromatic nitrogens is 1. The Morgan fingerprint density at radius 3 is 2.84 bits per heavy atom. The Hall–Kier alpha value is -1.47. The lowest BCUT2D eigenvalue weighted by Gasteiger charge is -2.33. The molecule has 0 aromatic carbocycles. The summed E-state index contributed by atoms with van der Waals surface area (Å²) < 4.78 is 5.84. The third-order valence-electron chi connectivity index (χ3n) is 4.95. The molecule has 132 valence electrons. The Kier molecular flexibility index (Phi) is 5.03. The summed E-state index contributed by atoms with van der Waals surface area (Å²) in [6, 6.07) is 6.08. The molecule has 1 fully saturated rings. The summed E-state index contributed by atoms with van der Waals surface area (Å²) in [5, 5.41) is 16.7. The fourth-order valence-corrected chi connectivity index (χ4v) is 4.85. The number of aliphatic hydroxyl groups excluding tert-OH is 1. The highest BCUT2D eigenvalue weighted by molar-refractivity contribution is 7.10. The molecule has 1 aliphatic rings. The summed E-state index contributed by atoms with van der Waals surface area (Å²) in [6.07, 6.45) is 1.72. The van der Waals surface area contributed by atoms with Crippen LogP contribution in [0.3, 0.4) is 0 Å². The topological polar surface area (TPSA) is 49.5 Å². The van der Waals surface area contributed by atoms with Crippen LogP contribution >= 0.6 is 22.7 Å². The van der Waals surface area contributed by atoms with Crippen LogP contribution < -0.4 is 0 Å². The van der Waals surface area contributed by atoms with Crippen molar-refractivity contribution >= 4 is 22.7 Å². The average molecular weight is 375 g/mol. The minimum absolute atomic E-state index is 0.318. The summed E-state index contributed by atoms with van der Waals surface area (Å²) in [6.45, 7) is 4.80. The number of aliphatic hydroxyl groups is 1. The van der Waals surface area contributed by atoms with Gasteiger partial charge in [0, 0.05) is 22.4 Å². The fraction of sp³-hybridized carbons (Fsp3) is 0.421. The van der Waals surface area contributed by atoms with Crippen molar-refractivity contribution in [3.8, 4) is 11.5 Å². The molecule has 3 aromatic heterocycles. The number of oxazole rings is 1. The maximum Gasteiger partial charge on any atom is 0.227 e. The van der Waals surface area contributed by atoms with E-state index in [1.807, 2.05) is 35.9 Å². The van der Waals surface area contributed by atoms with E-state index in [1.54, 1.807) is 22.7 Å². The van der Waals surface area contributed by atoms with Gasteiger partial charge < -0.3 is 9.52 Å². The van der Waals surface area contributed by atoms with E-state index >= 15 is 0 Å². The molecule has 1 atom stereocenters. The van der Waals surface area contributed by atoms with Crippen molar-refractivity contribution < 1.29 is 9.52 Å². The molecule has 4 rings (SSSR count). The van der Waals surface area contributed by atoms with Gasteiger partial charge in [-0.25, -0.2) is 4.98 Å². The lowest BCUT2D eigenvalue weighted by atomic mass is 9.90. The molecule has 1 saturated heterocycles. The van der Waals surface area contributed by atoms with Gasteiger partial charge in [-0.05, 0) is 61.7 Å². The Balaban J connectivity index is 1.36. The van der Waals surface area contributed by atoms with E-state index in [1.165, 1.54) is 0 Å². The van der Waals surface area contributed by atoms with Crippen molar-refractivity contribution in [2.75, 3.05) is 13.1 Å². The summed E-state index contributed by atoms with van der Waals surface area (Å²) in [5.74, 6) is 1.98. The van der Waals surface area contributed by atoms with E-state index in [0.717, 1.165) is 60.3 Å². The van der Waals surface area contributed by atoms with Gasteiger partial charge in [-0.1, -0.05) is 6.07 Å². The minimum atomic E-state index is -0.318. The molecule has 4 heterocycles. The molecule has 1 aliphatic heterocycles. The molecule has 0 amide bonds. The van der Waals surface area contributed by atoms with Crippen LogP contribution in [0, 0.1) is 12.8 Å². The van der Waals surface area contributed by atoms with Crippen LogP contribution in [0.25, 0.3) is 11.5 Å². The van der Waals surface area contributed by atoms with Crippen molar-refractivity contribution in [1.82, 2.24) is 9.88 Å². The van der Waals surface area contributed by atoms with Crippen LogP contribution in [0.15, 0.2) is 38.8 Å². The normalized spacial score (nSPS) is 17.8. The third kappa shape index (κ3) is 3.72. The zero-order valence-electron chi connectivity index (χ0n) is 14.2. The molecule has 0 spiro atoms. The van der Waals surface area contributed by atoms with Gasteiger partial charge in [-0.2, -0.15) is 11.3 Å². The highest BCUT2D eigenvalue weighted by atomic mass is 32.1. The van der Waals surface area contributed by atoms with Gasteiger partial charge in [0.2, 0.25) is 5.89 Å². The van der Waals surface area contributed by atoms with Crippen molar-refractivity contribution in [2.24, 2.45) is 5.92 Å². The SMILES string of the molecule is Cc1oc(-c2ccsc2)nc1CN1CCC(C(O)c2cccs2)CC1. The number of hydrogen-bond donors (Lipinski definition) is 1. The zero-order valence-corrected chi connectivity index (χ0v) is 15.9. The molecule has 25 heavy (non-hydrogen) atoms. The number of piperidine rings is 1. The Labute approximate surface area is 155 Å². The van der Waals surface area contributed by atoms with Crippen molar-refractivity contribution in [3.63, 3.8) is 0 Å².